The highest BCUT2D eigenvalue weighted by molar-refractivity contribution is 5.75. The molecule has 0 amide bonds. The van der Waals surface area contributed by atoms with Crippen LogP contribution in [0.5, 0.6) is 0 Å². The van der Waals surface area contributed by atoms with Crippen LogP contribution in [-0.4, -0.2) is 52.2 Å². The second-order valence-corrected chi connectivity index (χ2v) is 5.83. The summed E-state index contributed by atoms with van der Waals surface area (Å²) in [6.45, 7) is 10.3. The van der Waals surface area contributed by atoms with Gasteiger partial charge in [0.25, 0.3) is 0 Å². The molecule has 1 aliphatic heterocycles. The average Bonchev–Trinajstić information content (AvgIpc) is 3.24. The quantitative estimate of drug-likeness (QED) is 0.387. The van der Waals surface area contributed by atoms with Gasteiger partial charge in [0, 0.05) is 0 Å². The van der Waals surface area contributed by atoms with Crippen LogP contribution in [0.3, 0.4) is 0 Å². The lowest BCUT2D eigenvalue weighted by Crippen LogP contribution is -2.42. The van der Waals surface area contributed by atoms with Crippen molar-refractivity contribution in [2.45, 2.75) is 6.42 Å². The predicted molar refractivity (Wildman–Crippen MR) is 77.8 cm³/mol. The Balaban J connectivity index is 1.97. The van der Waals surface area contributed by atoms with Crippen molar-refractivity contribution in [3.05, 3.63) is 25.3 Å². The number of cyclic esters (lactones) is 1. The van der Waals surface area contributed by atoms with Crippen LogP contribution in [0.25, 0.3) is 0 Å². The first-order valence-corrected chi connectivity index (χ1v) is 7.32. The second kappa shape index (κ2) is 7.73. The van der Waals surface area contributed by atoms with Crippen LogP contribution in [0.4, 0.5) is 0 Å². The molecular formula is C16H24O5. The maximum absolute atomic E-state index is 11.9. The Morgan fingerprint density at radius 2 is 1.86 bits per heavy atom. The van der Waals surface area contributed by atoms with Crippen molar-refractivity contribution in [3.8, 4) is 0 Å². The molecule has 0 N–H and O–H groups in total. The van der Waals surface area contributed by atoms with E-state index in [0.29, 0.717) is 45.6 Å². The normalized spacial score (nSPS) is 27.5. The number of carbonyl (C=O) groups excluding carboxylic acids is 1. The molecule has 5 nitrogen and oxygen atoms in total. The van der Waals surface area contributed by atoms with E-state index in [1.807, 2.05) is 0 Å². The standard InChI is InChI=1S/C16H24O5/c1-3-5-18-9-16(10-19-6-4-2)11-20-8-13-7-14(13)15(17)21-12-16/h3-4,13-14H,1-2,5-12H2/t13-,14-/m0/s1. The molecule has 0 spiro atoms. The third-order valence-electron chi connectivity index (χ3n) is 3.77. The highest BCUT2D eigenvalue weighted by Crippen LogP contribution is 2.41. The fourth-order valence-electron chi connectivity index (χ4n) is 2.45. The molecule has 1 heterocycles. The Bertz CT molecular complexity index is 365. The summed E-state index contributed by atoms with van der Waals surface area (Å²) in [5.41, 5.74) is -0.474. The summed E-state index contributed by atoms with van der Waals surface area (Å²) in [5, 5.41) is 0. The molecule has 0 aromatic rings. The largest absolute Gasteiger partial charge is 0.465 e. The zero-order chi connectivity index (χ0) is 15.1. The Morgan fingerprint density at radius 1 is 1.19 bits per heavy atom. The number of ether oxygens (including phenoxy) is 4. The molecule has 21 heavy (non-hydrogen) atoms. The van der Waals surface area contributed by atoms with Crippen LogP contribution in [-0.2, 0) is 23.7 Å². The van der Waals surface area contributed by atoms with Gasteiger partial charge >= 0.3 is 5.97 Å². The molecule has 0 aromatic carbocycles. The summed E-state index contributed by atoms with van der Waals surface area (Å²) in [6.07, 6.45) is 4.26. The van der Waals surface area contributed by atoms with Gasteiger partial charge < -0.3 is 18.9 Å². The first-order chi connectivity index (χ1) is 10.2. The summed E-state index contributed by atoms with van der Waals surface area (Å²) in [6, 6.07) is 0. The SMILES string of the molecule is C=CCOCC1(COCC=C)COC[C@@H]2C[C@@H]2C(=O)OC1. The Morgan fingerprint density at radius 3 is 2.48 bits per heavy atom. The third-order valence-corrected chi connectivity index (χ3v) is 3.77. The van der Waals surface area contributed by atoms with E-state index >= 15 is 0 Å². The molecule has 1 aliphatic carbocycles. The minimum absolute atomic E-state index is 0.0176. The lowest BCUT2D eigenvalue weighted by atomic mass is 9.92. The van der Waals surface area contributed by atoms with Crippen molar-refractivity contribution in [2.24, 2.45) is 17.3 Å². The van der Waals surface area contributed by atoms with E-state index in [2.05, 4.69) is 13.2 Å². The van der Waals surface area contributed by atoms with Crippen molar-refractivity contribution < 1.29 is 23.7 Å². The molecule has 0 bridgehead atoms. The van der Waals surface area contributed by atoms with Crippen molar-refractivity contribution in [3.63, 3.8) is 0 Å². The lowest BCUT2D eigenvalue weighted by Gasteiger charge is -2.32. The van der Waals surface area contributed by atoms with E-state index in [4.69, 9.17) is 18.9 Å². The third kappa shape index (κ3) is 4.66. The molecule has 2 rings (SSSR count). The minimum Gasteiger partial charge on any atom is -0.465 e. The van der Waals surface area contributed by atoms with Gasteiger partial charge in [-0.1, -0.05) is 12.2 Å². The Kier molecular flexibility index (Phi) is 5.96. The first-order valence-electron chi connectivity index (χ1n) is 7.32. The fraction of sp³-hybridized carbons (Fsp3) is 0.688. The summed E-state index contributed by atoms with van der Waals surface area (Å²) in [7, 11) is 0. The van der Waals surface area contributed by atoms with Gasteiger partial charge in [0.15, 0.2) is 0 Å². The van der Waals surface area contributed by atoms with Crippen LogP contribution >= 0.6 is 0 Å². The number of rotatable bonds is 8. The number of carbonyl (C=O) groups is 1. The molecule has 0 radical (unpaired) electrons. The van der Waals surface area contributed by atoms with Gasteiger partial charge in [-0.05, 0) is 12.3 Å². The average molecular weight is 296 g/mol. The van der Waals surface area contributed by atoms with Crippen LogP contribution in [0.1, 0.15) is 6.42 Å². The number of hydrogen-bond donors (Lipinski definition) is 0. The number of fused-ring (bicyclic) bond motifs is 1. The molecular weight excluding hydrogens is 272 g/mol. The van der Waals surface area contributed by atoms with Crippen molar-refractivity contribution >= 4 is 5.97 Å². The van der Waals surface area contributed by atoms with Crippen molar-refractivity contribution in [2.75, 3.05) is 46.2 Å². The van der Waals surface area contributed by atoms with Gasteiger partial charge in [-0.2, -0.15) is 0 Å². The van der Waals surface area contributed by atoms with Gasteiger partial charge in [-0.15, -0.1) is 13.2 Å². The smallest absolute Gasteiger partial charge is 0.309 e. The summed E-state index contributed by atoms with van der Waals surface area (Å²) < 4.78 is 22.4. The zero-order valence-corrected chi connectivity index (χ0v) is 12.4. The highest BCUT2D eigenvalue weighted by Gasteiger charge is 2.47. The molecule has 0 aromatic heterocycles. The molecule has 2 aliphatic rings. The molecule has 118 valence electrons. The van der Waals surface area contributed by atoms with E-state index in [-0.39, 0.29) is 18.5 Å². The Hall–Kier alpha value is -1.17. The van der Waals surface area contributed by atoms with Crippen LogP contribution in [0.2, 0.25) is 0 Å². The Labute approximate surface area is 125 Å². The van der Waals surface area contributed by atoms with E-state index in [1.165, 1.54) is 0 Å². The van der Waals surface area contributed by atoms with Gasteiger partial charge in [-0.25, -0.2) is 0 Å². The monoisotopic (exact) mass is 296 g/mol. The summed E-state index contributed by atoms with van der Waals surface area (Å²) in [5.74, 6) is 0.211. The fourth-order valence-corrected chi connectivity index (χ4v) is 2.45. The van der Waals surface area contributed by atoms with Crippen LogP contribution in [0, 0.1) is 17.3 Å². The van der Waals surface area contributed by atoms with Crippen LogP contribution < -0.4 is 0 Å². The van der Waals surface area contributed by atoms with E-state index in [0.717, 1.165) is 6.42 Å². The zero-order valence-electron chi connectivity index (χ0n) is 12.4. The molecule has 2 atom stereocenters. The maximum atomic E-state index is 11.9. The van der Waals surface area contributed by atoms with Crippen molar-refractivity contribution in [1.29, 1.82) is 0 Å². The lowest BCUT2D eigenvalue weighted by molar-refractivity contribution is -0.154. The number of esters is 1. The van der Waals surface area contributed by atoms with Gasteiger partial charge in [0.05, 0.1) is 51.0 Å². The highest BCUT2D eigenvalue weighted by atomic mass is 16.5. The molecule has 0 unspecified atom stereocenters. The second-order valence-electron chi connectivity index (χ2n) is 5.83. The summed E-state index contributed by atoms with van der Waals surface area (Å²) >= 11 is 0. The van der Waals surface area contributed by atoms with Gasteiger partial charge in [-0.3, -0.25) is 4.79 Å². The van der Waals surface area contributed by atoms with Crippen LogP contribution in [0.15, 0.2) is 25.3 Å². The van der Waals surface area contributed by atoms with Gasteiger partial charge in [0.2, 0.25) is 0 Å². The first kappa shape index (κ1) is 16.2. The topological polar surface area (TPSA) is 54.0 Å². The minimum atomic E-state index is -0.474. The number of hydrogen-bond acceptors (Lipinski definition) is 5. The van der Waals surface area contributed by atoms with E-state index < -0.39 is 5.41 Å². The summed E-state index contributed by atoms with van der Waals surface area (Å²) in [4.78, 5) is 11.9. The molecule has 2 fully saturated rings. The van der Waals surface area contributed by atoms with E-state index in [9.17, 15) is 4.79 Å². The van der Waals surface area contributed by atoms with Gasteiger partial charge in [0.1, 0.15) is 6.61 Å². The molecule has 1 saturated carbocycles. The molecule has 5 heteroatoms. The predicted octanol–water partition coefficient (Wildman–Crippen LogP) is 1.59. The van der Waals surface area contributed by atoms with Crippen molar-refractivity contribution in [1.82, 2.24) is 0 Å². The van der Waals surface area contributed by atoms with E-state index in [1.54, 1.807) is 12.2 Å². The maximum Gasteiger partial charge on any atom is 0.309 e. The molecule has 1 saturated heterocycles.